The molecule has 0 fully saturated rings. The lowest BCUT2D eigenvalue weighted by Gasteiger charge is -2.23. The number of benzene rings is 4. The Bertz CT molecular complexity index is 1660. The third-order valence-electron chi connectivity index (χ3n) is 9.05. The second kappa shape index (κ2) is 48.6. The minimum atomic E-state index is -0.702. The summed E-state index contributed by atoms with van der Waals surface area (Å²) in [5.41, 5.74) is 5.46. The summed E-state index contributed by atoms with van der Waals surface area (Å²) in [6.45, 7) is 22.2. The molecule has 6 heteroatoms. The summed E-state index contributed by atoms with van der Waals surface area (Å²) in [4.78, 5) is 0. The van der Waals surface area contributed by atoms with Crippen LogP contribution in [0.4, 0.5) is 26.3 Å². The summed E-state index contributed by atoms with van der Waals surface area (Å²) in [7, 11) is 0. The zero-order chi connectivity index (χ0) is 40.2. The van der Waals surface area contributed by atoms with Gasteiger partial charge in [0.15, 0.2) is 34.9 Å². The summed E-state index contributed by atoms with van der Waals surface area (Å²) < 4.78 is 82.3. The van der Waals surface area contributed by atoms with Gasteiger partial charge in [-0.05, 0) is 121 Å². The first kappa shape index (κ1) is 92.1. The van der Waals surface area contributed by atoms with E-state index in [4.69, 9.17) is 0 Å². The molecule has 4 aromatic carbocycles. The van der Waals surface area contributed by atoms with Gasteiger partial charge in [-0.15, -0.1) is 0 Å². The van der Waals surface area contributed by atoms with Crippen molar-refractivity contribution in [3.05, 3.63) is 116 Å². The van der Waals surface area contributed by atoms with Crippen LogP contribution in [0.1, 0.15) is 241 Å². The van der Waals surface area contributed by atoms with Crippen LogP contribution in [-0.2, 0) is 38.5 Å². The van der Waals surface area contributed by atoms with Gasteiger partial charge < -0.3 is 0 Å². The maximum absolute atomic E-state index is 14.0. The average Bonchev–Trinajstić information content (AvgIpc) is 3.12. The minimum Gasteiger partial charge on any atom is -0.203 e. The topological polar surface area (TPSA) is 0 Å². The molecule has 392 valence electrons. The van der Waals surface area contributed by atoms with E-state index in [0.717, 1.165) is 60.6 Å². The smallest absolute Gasteiger partial charge is 0.167 e. The molecule has 0 spiro atoms. The SMILES string of the molecule is C.C.C.C.C.C.C.C.C.C.C.C.CCC.CCC.CCCc1cc2c(c(F)c1F)CC(C)CC2.CCCc1cc2ccc(C)c(C)c2c(F)c1F.CCCc1ccc(CCC)c(F)c1F. The van der Waals surface area contributed by atoms with Gasteiger partial charge in [0.1, 0.15) is 0 Å². The van der Waals surface area contributed by atoms with Crippen LogP contribution in [0.25, 0.3) is 10.8 Å². The van der Waals surface area contributed by atoms with E-state index in [2.05, 4.69) is 34.6 Å². The fraction of sp³-hybridized carbons (Fsp3) is 0.627. The minimum absolute atomic E-state index is 0. The zero-order valence-corrected chi connectivity index (χ0v) is 34.5. The molecular weight excluding hydrogens is 823 g/mol. The second-order valence-corrected chi connectivity index (χ2v) is 14.3. The van der Waals surface area contributed by atoms with Crippen molar-refractivity contribution in [2.75, 3.05) is 0 Å². The number of fused-ring (bicyclic) bond motifs is 2. The monoisotopic (exact) mass is 937 g/mol. The van der Waals surface area contributed by atoms with Crippen LogP contribution in [0.15, 0.2) is 36.4 Å². The van der Waals surface area contributed by atoms with E-state index in [-0.39, 0.29) is 89.1 Å². The molecule has 65 heavy (non-hydrogen) atoms. The molecule has 0 radical (unpaired) electrons. The number of rotatable bonds is 8. The number of halogens is 6. The second-order valence-electron chi connectivity index (χ2n) is 14.3. The van der Waals surface area contributed by atoms with Gasteiger partial charge in [0, 0.05) is 5.39 Å². The number of hydrogen-bond acceptors (Lipinski definition) is 0. The Hall–Kier alpha value is -3.28. The quantitative estimate of drug-likeness (QED) is 0.154. The van der Waals surface area contributed by atoms with Crippen molar-refractivity contribution < 1.29 is 26.3 Å². The molecule has 5 rings (SSSR count). The Morgan fingerprint density at radius 3 is 1.17 bits per heavy atom. The predicted molar refractivity (Wildman–Crippen MR) is 296 cm³/mol. The highest BCUT2D eigenvalue weighted by Gasteiger charge is 2.23. The molecular formula is C59H114F6. The van der Waals surface area contributed by atoms with Crippen LogP contribution < -0.4 is 0 Å². The highest BCUT2D eigenvalue weighted by molar-refractivity contribution is 5.88. The highest BCUT2D eigenvalue weighted by Crippen LogP contribution is 2.31. The fourth-order valence-electron chi connectivity index (χ4n) is 6.28. The van der Waals surface area contributed by atoms with Crippen LogP contribution in [0, 0.1) is 54.7 Å². The Labute approximate surface area is 406 Å². The van der Waals surface area contributed by atoms with Crippen LogP contribution >= 0.6 is 0 Å². The molecule has 1 aliphatic rings. The normalized spacial score (nSPS) is 10.6. The van der Waals surface area contributed by atoms with Crippen molar-refractivity contribution in [3.63, 3.8) is 0 Å². The molecule has 0 saturated carbocycles. The zero-order valence-electron chi connectivity index (χ0n) is 34.5. The maximum atomic E-state index is 14.0. The number of aryl methyl sites for hydroxylation is 7. The first-order valence-electron chi connectivity index (χ1n) is 20.0. The Morgan fingerprint density at radius 1 is 0.446 bits per heavy atom. The predicted octanol–water partition coefficient (Wildman–Crippen LogP) is 23.1. The van der Waals surface area contributed by atoms with E-state index in [1.165, 1.54) is 12.8 Å². The van der Waals surface area contributed by atoms with Crippen molar-refractivity contribution in [2.24, 2.45) is 5.92 Å². The van der Waals surface area contributed by atoms with Gasteiger partial charge in [0.2, 0.25) is 0 Å². The van der Waals surface area contributed by atoms with Gasteiger partial charge in [0.05, 0.1) is 0 Å². The van der Waals surface area contributed by atoms with Crippen LogP contribution in [-0.4, -0.2) is 0 Å². The lowest BCUT2D eigenvalue weighted by molar-refractivity contribution is 0.444. The third kappa shape index (κ3) is 27.2. The Kier molecular flexibility index (Phi) is 68.9. The average molecular weight is 938 g/mol. The third-order valence-corrected chi connectivity index (χ3v) is 9.05. The molecule has 4 aromatic rings. The lowest BCUT2D eigenvalue weighted by atomic mass is 9.83. The molecule has 1 unspecified atom stereocenters. The molecule has 0 aromatic heterocycles. The van der Waals surface area contributed by atoms with Crippen molar-refractivity contribution in [1.29, 1.82) is 0 Å². The Balaban J connectivity index is -0.0000000562. The summed E-state index contributed by atoms with van der Waals surface area (Å²) in [5.74, 6) is -3.43. The van der Waals surface area contributed by atoms with Crippen LogP contribution in [0.2, 0.25) is 0 Å². The molecule has 1 atom stereocenters. The summed E-state index contributed by atoms with van der Waals surface area (Å²) >= 11 is 0. The number of hydrogen-bond donors (Lipinski definition) is 0. The van der Waals surface area contributed by atoms with E-state index >= 15 is 0 Å². The lowest BCUT2D eigenvalue weighted by Crippen LogP contribution is -2.15. The molecule has 0 bridgehead atoms. The van der Waals surface area contributed by atoms with E-state index in [9.17, 15) is 26.3 Å². The molecule has 0 saturated heterocycles. The van der Waals surface area contributed by atoms with E-state index in [1.54, 1.807) is 18.2 Å². The summed E-state index contributed by atoms with van der Waals surface area (Å²) in [6, 6.07) is 10.9. The van der Waals surface area contributed by atoms with Crippen molar-refractivity contribution in [3.8, 4) is 0 Å². The van der Waals surface area contributed by atoms with Crippen molar-refractivity contribution in [2.45, 2.75) is 249 Å². The summed E-state index contributed by atoms with van der Waals surface area (Å²) in [6.07, 6.45) is 10.9. The molecule has 0 aliphatic heterocycles. The fourth-order valence-corrected chi connectivity index (χ4v) is 6.28. The maximum Gasteiger partial charge on any atom is 0.167 e. The van der Waals surface area contributed by atoms with E-state index < -0.39 is 34.9 Å². The molecule has 0 nitrogen and oxygen atoms in total. The van der Waals surface area contributed by atoms with Crippen LogP contribution in [0.3, 0.4) is 0 Å². The molecule has 1 aliphatic carbocycles. The molecule has 0 N–H and O–H groups in total. The Morgan fingerprint density at radius 2 is 0.785 bits per heavy atom. The highest BCUT2D eigenvalue weighted by atomic mass is 19.2. The molecule has 0 heterocycles. The molecule has 0 amide bonds. The van der Waals surface area contributed by atoms with E-state index in [1.807, 2.05) is 59.7 Å². The van der Waals surface area contributed by atoms with Gasteiger partial charge in [0.25, 0.3) is 0 Å². The van der Waals surface area contributed by atoms with Crippen molar-refractivity contribution >= 4 is 10.8 Å². The standard InChI is InChI=1S/C15H16F2.C14H18F2.C12H16F2.2C3H8.12CH4/c1-4-5-12-8-11-7-6-9(2)10(3)13(11)15(17)14(12)16;1-3-4-11-8-10-6-5-9(2)7-12(10)14(16)13(11)15;1-3-5-9-7-8-10(6-4-2)12(14)11(9)13;2*1-3-2;;;;;;;;;;;;/h6-8H,4-5H2,1-3H3;8-9H,3-7H2,1-2H3;7-8H,3-6H2,1-2H3;2*3H2,1-2H3;12*1H4. The summed E-state index contributed by atoms with van der Waals surface area (Å²) in [5, 5.41) is 1.21. The van der Waals surface area contributed by atoms with Gasteiger partial charge >= 0.3 is 0 Å². The van der Waals surface area contributed by atoms with Gasteiger partial charge in [-0.1, -0.05) is 220 Å². The largest absolute Gasteiger partial charge is 0.203 e. The van der Waals surface area contributed by atoms with Crippen molar-refractivity contribution in [1.82, 2.24) is 0 Å². The van der Waals surface area contributed by atoms with Gasteiger partial charge in [-0.2, -0.15) is 0 Å². The van der Waals surface area contributed by atoms with Gasteiger partial charge in [-0.25, -0.2) is 26.3 Å². The van der Waals surface area contributed by atoms with Gasteiger partial charge in [-0.3, -0.25) is 0 Å². The first-order chi connectivity index (χ1) is 25.2. The van der Waals surface area contributed by atoms with Crippen LogP contribution in [0.5, 0.6) is 0 Å². The van der Waals surface area contributed by atoms with E-state index in [0.29, 0.717) is 71.2 Å². The first-order valence-corrected chi connectivity index (χ1v) is 20.0.